The minimum Gasteiger partial charge on any atom is -0.486 e. The first-order valence-corrected chi connectivity index (χ1v) is 10.0. The number of rotatable bonds is 6. The Morgan fingerprint density at radius 3 is 2.61 bits per heavy atom. The number of aryl methyl sites for hydroxylation is 3. The second-order valence-corrected chi connectivity index (χ2v) is 7.59. The maximum absolute atomic E-state index is 13.4. The third-order valence-corrected chi connectivity index (χ3v) is 5.38. The van der Waals surface area contributed by atoms with E-state index in [9.17, 15) is 14.0 Å². The van der Waals surface area contributed by atoms with E-state index in [4.69, 9.17) is 9.84 Å². The summed E-state index contributed by atoms with van der Waals surface area (Å²) >= 11 is 0. The number of fused-ring (bicyclic) bond motifs is 2. The van der Waals surface area contributed by atoms with Crippen LogP contribution in [0.25, 0.3) is 0 Å². The van der Waals surface area contributed by atoms with Gasteiger partial charge in [0, 0.05) is 22.5 Å². The van der Waals surface area contributed by atoms with Crippen LogP contribution >= 0.6 is 0 Å². The summed E-state index contributed by atoms with van der Waals surface area (Å²) in [5.41, 5.74) is 5.48. The first kappa shape index (κ1) is 20.8. The number of Topliss-reactive ketones (excluding diaryl/α,β-unsaturated/α-hetero) is 1. The first-order chi connectivity index (χ1) is 14.9. The smallest absolute Gasteiger partial charge is 0.195 e. The Morgan fingerprint density at radius 2 is 1.84 bits per heavy atom. The van der Waals surface area contributed by atoms with Gasteiger partial charge < -0.3 is 15.2 Å². The van der Waals surface area contributed by atoms with Gasteiger partial charge in [0.1, 0.15) is 24.8 Å². The van der Waals surface area contributed by atoms with Crippen LogP contribution in [0, 0.1) is 12.7 Å². The normalized spacial score (nSPS) is 12.5. The summed E-state index contributed by atoms with van der Waals surface area (Å²) in [7, 11) is 0. The molecule has 0 amide bonds. The monoisotopic (exact) mass is 419 g/mol. The molecule has 6 heteroatoms. The number of hydrogen-bond donors (Lipinski definition) is 2. The molecule has 0 heterocycles. The van der Waals surface area contributed by atoms with Gasteiger partial charge in [-0.1, -0.05) is 6.07 Å². The number of aliphatic hydroxyl groups is 1. The first-order valence-electron chi connectivity index (χ1n) is 10.0. The third kappa shape index (κ3) is 4.49. The largest absolute Gasteiger partial charge is 0.486 e. The summed E-state index contributed by atoms with van der Waals surface area (Å²) in [6.07, 6.45) is 1.40. The second kappa shape index (κ2) is 8.70. The number of ketones is 2. The Bertz CT molecular complexity index is 1170. The lowest BCUT2D eigenvalue weighted by Gasteiger charge is -2.13. The van der Waals surface area contributed by atoms with Crippen molar-refractivity contribution < 1.29 is 23.8 Å². The van der Waals surface area contributed by atoms with Crippen molar-refractivity contribution in [3.05, 3.63) is 88.2 Å². The van der Waals surface area contributed by atoms with Crippen molar-refractivity contribution in [2.24, 2.45) is 0 Å². The highest BCUT2D eigenvalue weighted by Gasteiger charge is 2.22. The molecule has 4 rings (SSSR count). The van der Waals surface area contributed by atoms with Crippen molar-refractivity contribution in [1.82, 2.24) is 0 Å². The van der Waals surface area contributed by atoms with Crippen LogP contribution in [0.15, 0.2) is 54.6 Å². The van der Waals surface area contributed by atoms with Gasteiger partial charge in [-0.2, -0.15) is 0 Å². The molecule has 158 valence electrons. The van der Waals surface area contributed by atoms with Gasteiger partial charge in [0.15, 0.2) is 11.6 Å². The van der Waals surface area contributed by atoms with Crippen LogP contribution in [0.5, 0.6) is 5.75 Å². The lowest BCUT2D eigenvalue weighted by Crippen LogP contribution is -2.15. The Labute approximate surface area is 179 Å². The number of hydrogen-bond acceptors (Lipinski definition) is 5. The van der Waals surface area contributed by atoms with Crippen LogP contribution in [-0.4, -0.2) is 29.9 Å². The molecule has 3 aromatic carbocycles. The van der Waals surface area contributed by atoms with Gasteiger partial charge in [-0.15, -0.1) is 0 Å². The topological polar surface area (TPSA) is 75.6 Å². The molecule has 1 aliphatic rings. The van der Waals surface area contributed by atoms with E-state index in [0.29, 0.717) is 29.7 Å². The molecule has 0 unspecified atom stereocenters. The molecule has 0 radical (unpaired) electrons. The highest BCUT2D eigenvalue weighted by Crippen LogP contribution is 2.30. The molecule has 3 aromatic rings. The molecule has 5 nitrogen and oxygen atoms in total. The summed E-state index contributed by atoms with van der Waals surface area (Å²) in [6.45, 7) is 1.02. The van der Waals surface area contributed by atoms with E-state index in [-0.39, 0.29) is 18.2 Å². The maximum Gasteiger partial charge on any atom is 0.195 e. The number of benzene rings is 3. The van der Waals surface area contributed by atoms with E-state index in [1.165, 1.54) is 12.1 Å². The lowest BCUT2D eigenvalue weighted by atomic mass is 9.98. The number of carbonyl (C=O) groups excluding carboxylic acids is 2. The van der Waals surface area contributed by atoms with E-state index in [2.05, 4.69) is 5.32 Å². The zero-order chi connectivity index (χ0) is 22.0. The lowest BCUT2D eigenvalue weighted by molar-refractivity contribution is -0.123. The molecule has 0 saturated carbocycles. The van der Waals surface area contributed by atoms with Gasteiger partial charge in [-0.3, -0.25) is 9.59 Å². The molecular weight excluding hydrogens is 397 g/mol. The van der Waals surface area contributed by atoms with Crippen molar-refractivity contribution in [3.63, 3.8) is 0 Å². The predicted molar refractivity (Wildman–Crippen MR) is 116 cm³/mol. The van der Waals surface area contributed by atoms with Gasteiger partial charge in [0.2, 0.25) is 0 Å². The zero-order valence-electron chi connectivity index (χ0n) is 17.1. The fourth-order valence-corrected chi connectivity index (χ4v) is 3.72. The van der Waals surface area contributed by atoms with E-state index in [0.717, 1.165) is 28.1 Å². The number of halogens is 1. The van der Waals surface area contributed by atoms with E-state index < -0.39 is 12.4 Å². The van der Waals surface area contributed by atoms with Crippen LogP contribution in [0.4, 0.5) is 15.8 Å². The molecule has 0 atom stereocenters. The van der Waals surface area contributed by atoms with Crippen LogP contribution < -0.4 is 10.1 Å². The van der Waals surface area contributed by atoms with Gasteiger partial charge in [-0.05, 0) is 85.0 Å². The average Bonchev–Trinajstić information content (AvgIpc) is 2.90. The van der Waals surface area contributed by atoms with E-state index >= 15 is 0 Å². The molecule has 0 aliphatic heterocycles. The number of nitrogens with one attached hydrogen (secondary N) is 1. The number of anilines is 2. The van der Waals surface area contributed by atoms with Gasteiger partial charge in [0.25, 0.3) is 0 Å². The fourth-order valence-electron chi connectivity index (χ4n) is 3.72. The Hall–Kier alpha value is -3.51. The molecular formula is C25H22FNO4. The zero-order valence-corrected chi connectivity index (χ0v) is 17.1. The Balaban J connectivity index is 1.59. The maximum atomic E-state index is 13.4. The predicted octanol–water partition coefficient (Wildman–Crippen LogP) is 4.15. The fraction of sp³-hybridized carbons (Fsp3) is 0.200. The van der Waals surface area contributed by atoms with Crippen LogP contribution in [0.1, 0.15) is 32.6 Å². The summed E-state index contributed by atoms with van der Waals surface area (Å²) in [6, 6.07) is 15.4. The second-order valence-electron chi connectivity index (χ2n) is 7.59. The summed E-state index contributed by atoms with van der Waals surface area (Å²) < 4.78 is 18.8. The molecule has 0 aromatic heterocycles. The van der Waals surface area contributed by atoms with E-state index in [1.807, 2.05) is 25.1 Å². The van der Waals surface area contributed by atoms with Crippen LogP contribution in [0.3, 0.4) is 0 Å². The highest BCUT2D eigenvalue weighted by molar-refractivity contribution is 6.11. The van der Waals surface area contributed by atoms with Crippen molar-refractivity contribution in [2.75, 3.05) is 18.5 Å². The minimum atomic E-state index is -0.578. The van der Waals surface area contributed by atoms with Crippen molar-refractivity contribution in [2.45, 2.75) is 19.8 Å². The van der Waals surface area contributed by atoms with Crippen molar-refractivity contribution >= 4 is 22.9 Å². The molecule has 31 heavy (non-hydrogen) atoms. The third-order valence-electron chi connectivity index (χ3n) is 5.38. The van der Waals surface area contributed by atoms with Crippen LogP contribution in [0.2, 0.25) is 0 Å². The van der Waals surface area contributed by atoms with E-state index in [1.54, 1.807) is 24.3 Å². The van der Waals surface area contributed by atoms with Crippen molar-refractivity contribution in [1.29, 1.82) is 0 Å². The van der Waals surface area contributed by atoms with Crippen LogP contribution in [-0.2, 0) is 17.6 Å². The molecule has 2 N–H and O–H groups in total. The van der Waals surface area contributed by atoms with Crippen molar-refractivity contribution in [3.8, 4) is 5.75 Å². The number of ether oxygens (including phenoxy) is 1. The number of carbonyl (C=O) groups is 2. The van der Waals surface area contributed by atoms with Gasteiger partial charge in [-0.25, -0.2) is 4.39 Å². The van der Waals surface area contributed by atoms with Gasteiger partial charge in [0.05, 0.1) is 0 Å². The minimum absolute atomic E-state index is 0.0917. The summed E-state index contributed by atoms with van der Waals surface area (Å²) in [5.74, 6) is -0.381. The summed E-state index contributed by atoms with van der Waals surface area (Å²) in [4.78, 5) is 24.5. The summed E-state index contributed by atoms with van der Waals surface area (Å²) in [5, 5.41) is 12.1. The number of aliphatic hydroxyl groups excluding tert-OH is 1. The molecule has 0 fully saturated rings. The standard InChI is InChI=1S/C25H22FNO4/c1-15-10-18(26)5-9-24(15)27-19-6-8-22-17(11-19)3-2-16-4-7-21(12-23(16)25(22)30)31-14-20(29)13-28/h4-12,27-28H,2-3,13-14H2,1H3. The molecule has 0 spiro atoms. The molecule has 1 aliphatic carbocycles. The SMILES string of the molecule is Cc1cc(F)ccc1Nc1ccc2c(c1)CCc1ccc(OCC(=O)CO)cc1C2=O. The highest BCUT2D eigenvalue weighted by atomic mass is 19.1. The molecule has 0 saturated heterocycles. The Kier molecular flexibility index (Phi) is 5.82. The quantitative estimate of drug-likeness (QED) is 0.628. The average molecular weight is 419 g/mol. The Morgan fingerprint density at radius 1 is 1.03 bits per heavy atom. The van der Waals surface area contributed by atoms with Gasteiger partial charge >= 0.3 is 0 Å². The molecule has 0 bridgehead atoms.